The third-order valence-corrected chi connectivity index (χ3v) is 8.95. The molecule has 5 aromatic carbocycles. The first kappa shape index (κ1) is 27.7. The molecule has 44 heavy (non-hydrogen) atoms. The maximum Gasteiger partial charge on any atom is 0.0541 e. The number of aromatic nitrogens is 1. The van der Waals surface area contributed by atoms with Gasteiger partial charge in [0, 0.05) is 34.5 Å². The molecule has 3 unspecified atom stereocenters. The lowest BCUT2D eigenvalue weighted by atomic mass is 9.75. The Bertz CT molecular complexity index is 1980. The molecule has 0 saturated heterocycles. The first-order chi connectivity index (χ1) is 21.7. The number of nitrogens with two attached hydrogens (primary N) is 3. The van der Waals surface area contributed by atoms with Crippen LogP contribution in [0.1, 0.15) is 40.6 Å². The number of hydrogen-bond donors (Lipinski definition) is 3. The summed E-state index contributed by atoms with van der Waals surface area (Å²) in [5.41, 5.74) is 30.1. The summed E-state index contributed by atoms with van der Waals surface area (Å²) in [5.74, 6) is 0.292. The Morgan fingerprint density at radius 2 is 1.32 bits per heavy atom. The van der Waals surface area contributed by atoms with Crippen molar-refractivity contribution in [3.8, 4) is 5.69 Å². The van der Waals surface area contributed by atoms with E-state index < -0.39 is 12.1 Å². The number of para-hydroxylation sites is 2. The molecule has 4 nitrogen and oxygen atoms in total. The summed E-state index contributed by atoms with van der Waals surface area (Å²) in [6.07, 6.45) is 8.60. The topological polar surface area (TPSA) is 83.0 Å². The molecule has 3 atom stereocenters. The number of nitrogens with zero attached hydrogens (tertiary/aromatic N) is 1. The largest absolute Gasteiger partial charge is 0.405 e. The highest BCUT2D eigenvalue weighted by atomic mass is 15.0. The molecule has 0 aliphatic heterocycles. The second kappa shape index (κ2) is 11.8. The quantitative estimate of drug-likeness (QED) is 0.169. The summed E-state index contributed by atoms with van der Waals surface area (Å²) >= 11 is 0. The van der Waals surface area contributed by atoms with E-state index in [9.17, 15) is 0 Å². The maximum atomic E-state index is 7.04. The van der Waals surface area contributed by atoms with Crippen LogP contribution in [0.25, 0.3) is 33.1 Å². The molecule has 4 heteroatoms. The molecule has 0 fully saturated rings. The van der Waals surface area contributed by atoms with Gasteiger partial charge in [-0.15, -0.1) is 0 Å². The fourth-order valence-electron chi connectivity index (χ4n) is 6.78. The minimum Gasteiger partial charge on any atom is -0.405 e. The minimum absolute atomic E-state index is 0.292. The van der Waals surface area contributed by atoms with Crippen LogP contribution in [0.4, 0.5) is 0 Å². The molecule has 0 bridgehead atoms. The molecule has 0 radical (unpaired) electrons. The second-order valence-corrected chi connectivity index (χ2v) is 11.4. The highest BCUT2D eigenvalue weighted by Gasteiger charge is 2.28. The summed E-state index contributed by atoms with van der Waals surface area (Å²) in [6, 6.07) is 44.0. The van der Waals surface area contributed by atoms with Gasteiger partial charge in [-0.2, -0.15) is 0 Å². The molecule has 0 spiro atoms. The Morgan fingerprint density at radius 1 is 0.705 bits per heavy atom. The molecule has 0 amide bonds. The van der Waals surface area contributed by atoms with Gasteiger partial charge < -0.3 is 21.8 Å². The van der Waals surface area contributed by atoms with Crippen LogP contribution in [0.2, 0.25) is 0 Å². The zero-order valence-corrected chi connectivity index (χ0v) is 24.6. The number of allylic oxidation sites excluding steroid dienone is 3. The Hall–Kier alpha value is -5.16. The third-order valence-electron chi connectivity index (χ3n) is 8.95. The lowest BCUT2D eigenvalue weighted by molar-refractivity contribution is 0.620. The zero-order chi connectivity index (χ0) is 30.0. The normalized spacial score (nSPS) is 16.6. The van der Waals surface area contributed by atoms with Crippen LogP contribution in [0.15, 0.2) is 157 Å². The summed E-state index contributed by atoms with van der Waals surface area (Å²) in [6.45, 7) is 0. The van der Waals surface area contributed by atoms with Crippen molar-refractivity contribution >= 4 is 27.4 Å². The van der Waals surface area contributed by atoms with Gasteiger partial charge in [0.25, 0.3) is 0 Å². The van der Waals surface area contributed by atoms with E-state index in [4.69, 9.17) is 17.2 Å². The smallest absolute Gasteiger partial charge is 0.0541 e. The van der Waals surface area contributed by atoms with Gasteiger partial charge in [-0.05, 0) is 76.4 Å². The SMILES string of the molecule is N/C=C\C=C(\C1=CCC(c2ccccc2)c2ccccc21)C(N)C(N)c1ccc(-n2c3ccccc3c3ccccc32)cc1. The molecule has 216 valence electrons. The first-order valence-electron chi connectivity index (χ1n) is 15.2. The summed E-state index contributed by atoms with van der Waals surface area (Å²) in [4.78, 5) is 0. The highest BCUT2D eigenvalue weighted by Crippen LogP contribution is 2.42. The fourth-order valence-corrected chi connectivity index (χ4v) is 6.78. The molecule has 6 N–H and O–H groups in total. The van der Waals surface area contributed by atoms with E-state index in [1.165, 1.54) is 38.5 Å². The standard InChI is InChI=1S/C40H36N4/c41-26-10-17-36(33-25-24-30(27-11-2-1-3-12-27)31-13-4-5-14-32(31)33)40(43)39(42)28-20-22-29(23-21-28)44-37-18-8-6-15-34(37)35-16-7-9-19-38(35)44/h1-23,25-26,30,39-40H,24,41-43H2/b26-10-,36-17-. The van der Waals surface area contributed by atoms with Crippen LogP contribution in [0, 0.1) is 0 Å². The Morgan fingerprint density at radius 3 is 2.00 bits per heavy atom. The van der Waals surface area contributed by atoms with Crippen LogP contribution >= 0.6 is 0 Å². The van der Waals surface area contributed by atoms with Gasteiger partial charge in [0.1, 0.15) is 0 Å². The van der Waals surface area contributed by atoms with Crippen molar-refractivity contribution in [3.05, 3.63) is 180 Å². The van der Waals surface area contributed by atoms with Gasteiger partial charge in [-0.25, -0.2) is 0 Å². The van der Waals surface area contributed by atoms with Crippen molar-refractivity contribution in [3.63, 3.8) is 0 Å². The lowest BCUT2D eigenvalue weighted by Crippen LogP contribution is -2.36. The van der Waals surface area contributed by atoms with E-state index >= 15 is 0 Å². The van der Waals surface area contributed by atoms with Crippen LogP contribution in [0.5, 0.6) is 0 Å². The highest BCUT2D eigenvalue weighted by molar-refractivity contribution is 6.09. The Kier molecular flexibility index (Phi) is 7.45. The van der Waals surface area contributed by atoms with Crippen molar-refractivity contribution < 1.29 is 0 Å². The molecular formula is C40H36N4. The van der Waals surface area contributed by atoms with Gasteiger partial charge in [-0.3, -0.25) is 0 Å². The summed E-state index contributed by atoms with van der Waals surface area (Å²) in [7, 11) is 0. The molecule has 1 aliphatic carbocycles. The molecule has 1 heterocycles. The van der Waals surface area contributed by atoms with Crippen LogP contribution < -0.4 is 17.2 Å². The Labute approximate surface area is 258 Å². The number of benzene rings is 5. The molecule has 1 aliphatic rings. The number of hydrogen-bond acceptors (Lipinski definition) is 3. The van der Waals surface area contributed by atoms with Crippen LogP contribution in [0.3, 0.4) is 0 Å². The molecule has 0 saturated carbocycles. The molecule has 6 aromatic rings. The maximum absolute atomic E-state index is 7.04. The van der Waals surface area contributed by atoms with E-state index in [1.807, 2.05) is 12.2 Å². The van der Waals surface area contributed by atoms with Crippen molar-refractivity contribution in [1.82, 2.24) is 4.57 Å². The van der Waals surface area contributed by atoms with Crippen LogP contribution in [-0.4, -0.2) is 10.6 Å². The zero-order valence-electron chi connectivity index (χ0n) is 24.6. The van der Waals surface area contributed by atoms with Gasteiger partial charge >= 0.3 is 0 Å². The van der Waals surface area contributed by atoms with Gasteiger partial charge in [0.2, 0.25) is 0 Å². The predicted octanol–water partition coefficient (Wildman–Crippen LogP) is 8.13. The van der Waals surface area contributed by atoms with E-state index in [1.54, 1.807) is 6.20 Å². The average molecular weight is 573 g/mol. The van der Waals surface area contributed by atoms with Crippen molar-refractivity contribution in [1.29, 1.82) is 0 Å². The van der Waals surface area contributed by atoms with E-state index in [2.05, 4.69) is 138 Å². The summed E-state index contributed by atoms with van der Waals surface area (Å²) in [5, 5.41) is 2.48. The number of fused-ring (bicyclic) bond motifs is 4. The van der Waals surface area contributed by atoms with E-state index in [0.717, 1.165) is 28.8 Å². The monoisotopic (exact) mass is 572 g/mol. The van der Waals surface area contributed by atoms with E-state index in [0.29, 0.717) is 5.92 Å². The van der Waals surface area contributed by atoms with Gasteiger partial charge in [0.15, 0.2) is 0 Å². The Balaban J connectivity index is 1.23. The first-order valence-corrected chi connectivity index (χ1v) is 15.2. The van der Waals surface area contributed by atoms with E-state index in [-0.39, 0.29) is 0 Å². The summed E-state index contributed by atoms with van der Waals surface area (Å²) < 4.78 is 2.31. The van der Waals surface area contributed by atoms with Crippen molar-refractivity contribution in [2.24, 2.45) is 17.2 Å². The third kappa shape index (κ3) is 4.84. The van der Waals surface area contributed by atoms with Crippen molar-refractivity contribution in [2.75, 3.05) is 0 Å². The molecular weight excluding hydrogens is 536 g/mol. The van der Waals surface area contributed by atoms with Crippen molar-refractivity contribution in [2.45, 2.75) is 24.4 Å². The lowest BCUT2D eigenvalue weighted by Gasteiger charge is -2.31. The number of rotatable bonds is 7. The minimum atomic E-state index is -0.446. The second-order valence-electron chi connectivity index (χ2n) is 11.4. The molecule has 1 aromatic heterocycles. The average Bonchev–Trinajstić information content (AvgIpc) is 3.43. The van der Waals surface area contributed by atoms with Gasteiger partial charge in [-0.1, -0.05) is 115 Å². The van der Waals surface area contributed by atoms with Crippen LogP contribution in [-0.2, 0) is 0 Å². The molecule has 7 rings (SSSR count). The predicted molar refractivity (Wildman–Crippen MR) is 184 cm³/mol. The fraction of sp³-hybridized carbons (Fsp3) is 0.100. The van der Waals surface area contributed by atoms with Gasteiger partial charge in [0.05, 0.1) is 11.0 Å².